The molecule has 30 heavy (non-hydrogen) atoms. The maximum absolute atomic E-state index is 4.69. The highest BCUT2D eigenvalue weighted by molar-refractivity contribution is 7.15. The van der Waals surface area contributed by atoms with Crippen molar-refractivity contribution in [1.82, 2.24) is 18.8 Å². The van der Waals surface area contributed by atoms with Crippen LogP contribution in [0, 0.1) is 0 Å². The molecule has 0 radical (unpaired) electrons. The van der Waals surface area contributed by atoms with Crippen molar-refractivity contribution in [2.24, 2.45) is 0 Å². The van der Waals surface area contributed by atoms with Gasteiger partial charge in [0.1, 0.15) is 0 Å². The van der Waals surface area contributed by atoms with Crippen LogP contribution in [0.5, 0.6) is 0 Å². The third kappa shape index (κ3) is 2.32. The smallest absolute Gasteiger partial charge is 0.194 e. The molecule has 0 saturated heterocycles. The number of benzene rings is 3. The first kappa shape index (κ1) is 16.3. The second-order valence-electron chi connectivity index (χ2n) is 7.32. The van der Waals surface area contributed by atoms with E-state index in [4.69, 9.17) is 9.97 Å². The first-order valence-electron chi connectivity index (χ1n) is 9.65. The summed E-state index contributed by atoms with van der Waals surface area (Å²) >= 11 is 3.33. The van der Waals surface area contributed by atoms with E-state index in [-0.39, 0.29) is 0 Å². The van der Waals surface area contributed by atoms with E-state index < -0.39 is 0 Å². The second kappa shape index (κ2) is 6.01. The van der Waals surface area contributed by atoms with E-state index in [1.165, 1.54) is 22.3 Å². The molecule has 6 heteroatoms. The van der Waals surface area contributed by atoms with Crippen molar-refractivity contribution < 1.29 is 0 Å². The summed E-state index contributed by atoms with van der Waals surface area (Å²) < 4.78 is 4.32. The van der Waals surface area contributed by atoms with Gasteiger partial charge in [-0.3, -0.25) is 8.80 Å². The van der Waals surface area contributed by atoms with Crippen LogP contribution in [0.3, 0.4) is 0 Å². The lowest BCUT2D eigenvalue weighted by molar-refractivity contribution is 1.28. The van der Waals surface area contributed by atoms with Crippen molar-refractivity contribution in [2.75, 3.05) is 0 Å². The summed E-state index contributed by atoms with van der Waals surface area (Å²) in [6.07, 6.45) is 4.17. The molecule has 0 spiro atoms. The first-order valence-corrected chi connectivity index (χ1v) is 11.4. The van der Waals surface area contributed by atoms with Crippen LogP contribution < -0.4 is 0 Å². The summed E-state index contributed by atoms with van der Waals surface area (Å²) in [5.41, 5.74) is 9.16. The molecule has 3 aromatic carbocycles. The summed E-state index contributed by atoms with van der Waals surface area (Å²) in [6, 6.07) is 21.8. The Labute approximate surface area is 179 Å². The van der Waals surface area contributed by atoms with Gasteiger partial charge in [0.25, 0.3) is 0 Å². The Morgan fingerprint density at radius 1 is 0.567 bits per heavy atom. The van der Waals surface area contributed by atoms with Gasteiger partial charge in [0, 0.05) is 23.2 Å². The van der Waals surface area contributed by atoms with Crippen molar-refractivity contribution in [1.29, 1.82) is 0 Å². The quantitative estimate of drug-likeness (QED) is 0.309. The van der Waals surface area contributed by atoms with Crippen molar-refractivity contribution in [3.05, 3.63) is 83.8 Å². The number of hydrogen-bond donors (Lipinski definition) is 0. The maximum atomic E-state index is 4.69. The van der Waals surface area contributed by atoms with Gasteiger partial charge in [0.05, 0.1) is 22.1 Å². The number of rotatable bonds is 2. The van der Waals surface area contributed by atoms with E-state index in [0.717, 1.165) is 32.0 Å². The molecule has 0 N–H and O–H groups in total. The predicted octanol–water partition coefficient (Wildman–Crippen LogP) is 6.75. The van der Waals surface area contributed by atoms with Gasteiger partial charge in [0.15, 0.2) is 9.92 Å². The van der Waals surface area contributed by atoms with Crippen molar-refractivity contribution in [3.63, 3.8) is 0 Å². The molecule has 0 saturated carbocycles. The van der Waals surface area contributed by atoms with E-state index in [2.05, 4.69) is 92.6 Å². The van der Waals surface area contributed by atoms with Gasteiger partial charge in [0.2, 0.25) is 0 Å². The number of fused-ring (bicyclic) bond motifs is 6. The van der Waals surface area contributed by atoms with Gasteiger partial charge in [-0.25, -0.2) is 9.97 Å². The Morgan fingerprint density at radius 3 is 1.60 bits per heavy atom. The third-order valence-corrected chi connectivity index (χ3v) is 7.12. The molecule has 0 aliphatic heterocycles. The van der Waals surface area contributed by atoms with E-state index >= 15 is 0 Å². The lowest BCUT2D eigenvalue weighted by Crippen LogP contribution is -1.84. The van der Waals surface area contributed by atoms with Gasteiger partial charge in [-0.15, -0.1) is 22.7 Å². The molecule has 0 amide bonds. The molecule has 0 bridgehead atoms. The summed E-state index contributed by atoms with van der Waals surface area (Å²) in [5, 5.41) is 4.15. The standard InChI is InChI=1S/C24H14N4S2/c1-2-15(17-4-6-19-21(13-17)27-8-10-29-23(27)25-19)12-16(3-1)18-5-7-20-22(14-18)28-9-11-30-24(28)26-20/h1-14H. The normalized spacial score (nSPS) is 12.0. The molecule has 4 nitrogen and oxygen atoms in total. The van der Waals surface area contributed by atoms with E-state index in [0.29, 0.717) is 0 Å². The first-order chi connectivity index (χ1) is 14.8. The fraction of sp³-hybridized carbons (Fsp3) is 0. The molecule has 142 valence electrons. The highest BCUT2D eigenvalue weighted by Crippen LogP contribution is 2.31. The minimum absolute atomic E-state index is 1.03. The molecular weight excluding hydrogens is 408 g/mol. The second-order valence-corrected chi connectivity index (χ2v) is 9.07. The minimum atomic E-state index is 1.03. The van der Waals surface area contributed by atoms with Crippen LogP contribution in [0.1, 0.15) is 0 Å². The van der Waals surface area contributed by atoms with Crippen LogP contribution in [-0.4, -0.2) is 18.8 Å². The predicted molar refractivity (Wildman–Crippen MR) is 126 cm³/mol. The van der Waals surface area contributed by atoms with Crippen LogP contribution >= 0.6 is 22.7 Å². The monoisotopic (exact) mass is 422 g/mol. The maximum Gasteiger partial charge on any atom is 0.194 e. The van der Waals surface area contributed by atoms with E-state index in [1.807, 2.05) is 0 Å². The number of aromatic nitrogens is 4. The van der Waals surface area contributed by atoms with E-state index in [9.17, 15) is 0 Å². The summed E-state index contributed by atoms with van der Waals surface area (Å²) in [4.78, 5) is 11.5. The molecule has 0 aliphatic rings. The van der Waals surface area contributed by atoms with Crippen LogP contribution in [0.15, 0.2) is 83.8 Å². The largest absolute Gasteiger partial charge is 0.290 e. The highest BCUT2D eigenvalue weighted by atomic mass is 32.1. The molecule has 7 aromatic rings. The zero-order valence-electron chi connectivity index (χ0n) is 15.7. The van der Waals surface area contributed by atoms with Crippen molar-refractivity contribution >= 4 is 54.7 Å². The van der Waals surface area contributed by atoms with Gasteiger partial charge in [-0.1, -0.05) is 30.3 Å². The number of imidazole rings is 2. The lowest BCUT2D eigenvalue weighted by Gasteiger charge is -2.07. The average Bonchev–Trinajstić information content (AvgIpc) is 3.54. The van der Waals surface area contributed by atoms with Crippen molar-refractivity contribution in [3.8, 4) is 22.3 Å². The Hall–Kier alpha value is -3.48. The zero-order valence-corrected chi connectivity index (χ0v) is 17.3. The Balaban J connectivity index is 1.37. The van der Waals surface area contributed by atoms with Gasteiger partial charge < -0.3 is 0 Å². The Kier molecular flexibility index (Phi) is 3.27. The Morgan fingerprint density at radius 2 is 1.07 bits per heavy atom. The molecule has 4 heterocycles. The molecule has 0 fully saturated rings. The van der Waals surface area contributed by atoms with Crippen LogP contribution in [0.4, 0.5) is 0 Å². The fourth-order valence-corrected chi connectivity index (χ4v) is 5.59. The summed E-state index contributed by atoms with van der Waals surface area (Å²) in [7, 11) is 0. The van der Waals surface area contributed by atoms with Crippen LogP contribution in [0.25, 0.3) is 54.2 Å². The lowest BCUT2D eigenvalue weighted by atomic mass is 9.98. The van der Waals surface area contributed by atoms with Gasteiger partial charge >= 0.3 is 0 Å². The molecule has 0 unspecified atom stereocenters. The van der Waals surface area contributed by atoms with E-state index in [1.54, 1.807) is 22.7 Å². The van der Waals surface area contributed by atoms with Gasteiger partial charge in [-0.2, -0.15) is 0 Å². The van der Waals surface area contributed by atoms with Gasteiger partial charge in [-0.05, 0) is 52.6 Å². The topological polar surface area (TPSA) is 34.6 Å². The molecule has 0 aliphatic carbocycles. The number of nitrogens with zero attached hydrogens (tertiary/aromatic N) is 4. The minimum Gasteiger partial charge on any atom is -0.290 e. The van der Waals surface area contributed by atoms with Crippen LogP contribution in [-0.2, 0) is 0 Å². The number of hydrogen-bond acceptors (Lipinski definition) is 4. The molecule has 7 rings (SSSR count). The zero-order chi connectivity index (χ0) is 19.7. The molecule has 0 atom stereocenters. The number of thiazole rings is 2. The molecular formula is C24H14N4S2. The third-order valence-electron chi connectivity index (χ3n) is 5.61. The van der Waals surface area contributed by atoms with Crippen molar-refractivity contribution in [2.45, 2.75) is 0 Å². The SMILES string of the molecule is c1cc(-c2ccc3nc4sccn4c3c2)cc(-c2ccc3nc4sccn4c3c2)c1. The summed E-state index contributed by atoms with van der Waals surface area (Å²) in [5.74, 6) is 0. The molecule has 4 aromatic heterocycles. The van der Waals surface area contributed by atoms with Crippen LogP contribution in [0.2, 0.25) is 0 Å². The summed E-state index contributed by atoms with van der Waals surface area (Å²) in [6.45, 7) is 0. The highest BCUT2D eigenvalue weighted by Gasteiger charge is 2.10. The average molecular weight is 423 g/mol. The Bertz CT molecular complexity index is 1590. The fourth-order valence-electron chi connectivity index (χ4n) is 4.14.